The summed E-state index contributed by atoms with van der Waals surface area (Å²) in [5.74, 6) is 1.59. The van der Waals surface area contributed by atoms with Crippen molar-refractivity contribution in [3.8, 4) is 11.5 Å². The first-order valence-corrected chi connectivity index (χ1v) is 10.5. The van der Waals surface area contributed by atoms with E-state index in [1.807, 2.05) is 38.4 Å². The molecule has 0 saturated carbocycles. The number of anilines is 1. The second-order valence-electron chi connectivity index (χ2n) is 8.91. The number of aromatic nitrogens is 2. The Morgan fingerprint density at radius 3 is 2.13 bits per heavy atom. The van der Waals surface area contributed by atoms with Crippen molar-refractivity contribution in [3.05, 3.63) is 35.5 Å². The number of aryl methyl sites for hydroxylation is 1. The highest BCUT2D eigenvalue weighted by Crippen LogP contribution is 2.27. The third kappa shape index (κ3) is 5.18. The van der Waals surface area contributed by atoms with Crippen LogP contribution in [0.25, 0.3) is 0 Å². The number of ether oxygens (including phenoxy) is 2. The van der Waals surface area contributed by atoms with E-state index in [1.165, 1.54) is 0 Å². The van der Waals surface area contributed by atoms with Crippen LogP contribution in [-0.2, 0) is 10.3 Å². The van der Waals surface area contributed by atoms with E-state index in [4.69, 9.17) is 9.47 Å². The fourth-order valence-electron chi connectivity index (χ4n) is 3.79. The van der Waals surface area contributed by atoms with Crippen LogP contribution in [0.15, 0.2) is 24.3 Å². The number of benzene rings is 1. The van der Waals surface area contributed by atoms with Gasteiger partial charge in [-0.15, -0.1) is 0 Å². The zero-order chi connectivity index (χ0) is 22.8. The number of piperidine rings is 1. The van der Waals surface area contributed by atoms with Crippen LogP contribution in [0.2, 0.25) is 0 Å². The first kappa shape index (κ1) is 22.7. The number of methoxy groups -OCH3 is 2. The van der Waals surface area contributed by atoms with Crippen LogP contribution in [0.1, 0.15) is 49.7 Å². The van der Waals surface area contributed by atoms with Crippen molar-refractivity contribution >= 4 is 17.6 Å². The molecule has 0 spiro atoms. The number of amides is 2. The van der Waals surface area contributed by atoms with Crippen LogP contribution < -0.4 is 14.8 Å². The summed E-state index contributed by atoms with van der Waals surface area (Å²) in [6, 6.07) is 7.04. The van der Waals surface area contributed by atoms with Crippen LogP contribution in [-0.4, -0.2) is 53.8 Å². The van der Waals surface area contributed by atoms with Gasteiger partial charge in [-0.05, 0) is 52.7 Å². The normalized spacial score (nSPS) is 15.0. The van der Waals surface area contributed by atoms with Crippen LogP contribution >= 0.6 is 0 Å². The molecule has 2 heterocycles. The number of likely N-dealkylation sites (tertiary alicyclic amines) is 1. The van der Waals surface area contributed by atoms with Crippen molar-refractivity contribution in [2.75, 3.05) is 32.6 Å². The quantitative estimate of drug-likeness (QED) is 0.788. The molecule has 8 heteroatoms. The fourth-order valence-corrected chi connectivity index (χ4v) is 3.79. The lowest BCUT2D eigenvalue weighted by Gasteiger charge is -2.32. The summed E-state index contributed by atoms with van der Waals surface area (Å²) in [5, 5.41) is 7.54. The van der Waals surface area contributed by atoms with E-state index in [-0.39, 0.29) is 23.3 Å². The van der Waals surface area contributed by atoms with Gasteiger partial charge in [0, 0.05) is 36.7 Å². The summed E-state index contributed by atoms with van der Waals surface area (Å²) in [5.41, 5.74) is 1.15. The predicted octanol–water partition coefficient (Wildman–Crippen LogP) is 3.45. The minimum atomic E-state index is -0.232. The van der Waals surface area contributed by atoms with E-state index in [0.29, 0.717) is 48.8 Å². The van der Waals surface area contributed by atoms with E-state index in [9.17, 15) is 9.59 Å². The number of hydrogen-bond donors (Lipinski definition) is 1. The second-order valence-corrected chi connectivity index (χ2v) is 8.91. The van der Waals surface area contributed by atoms with Gasteiger partial charge < -0.3 is 19.7 Å². The molecule has 2 aromatic rings. The van der Waals surface area contributed by atoms with Gasteiger partial charge >= 0.3 is 0 Å². The number of carbonyl (C=O) groups is 2. The Morgan fingerprint density at radius 1 is 1.03 bits per heavy atom. The van der Waals surface area contributed by atoms with E-state index < -0.39 is 0 Å². The lowest BCUT2D eigenvalue weighted by Crippen LogP contribution is -2.41. The minimum Gasteiger partial charge on any atom is -0.497 e. The number of carbonyl (C=O) groups excluding carboxylic acids is 2. The Bertz CT molecular complexity index is 931. The maximum Gasteiger partial charge on any atom is 0.254 e. The molecule has 8 nitrogen and oxygen atoms in total. The minimum absolute atomic E-state index is 0.0273. The summed E-state index contributed by atoms with van der Waals surface area (Å²) in [6.45, 7) is 9.10. The highest BCUT2D eigenvalue weighted by Gasteiger charge is 2.29. The smallest absolute Gasteiger partial charge is 0.254 e. The van der Waals surface area contributed by atoms with Crippen LogP contribution in [0.4, 0.5) is 5.82 Å². The molecule has 1 aromatic heterocycles. The molecular formula is C23H32N4O4. The van der Waals surface area contributed by atoms with Gasteiger partial charge in [0.15, 0.2) is 0 Å². The molecule has 1 N–H and O–H groups in total. The van der Waals surface area contributed by atoms with Crippen molar-refractivity contribution < 1.29 is 19.1 Å². The number of hydrogen-bond acceptors (Lipinski definition) is 5. The molecule has 0 radical (unpaired) electrons. The number of rotatable bonds is 5. The van der Waals surface area contributed by atoms with Crippen molar-refractivity contribution in [2.24, 2.45) is 5.92 Å². The molecule has 1 fully saturated rings. The Morgan fingerprint density at radius 2 is 1.61 bits per heavy atom. The number of nitrogens with one attached hydrogen (secondary N) is 1. The lowest BCUT2D eigenvalue weighted by atomic mass is 9.95. The monoisotopic (exact) mass is 428 g/mol. The Hall–Kier alpha value is -3.03. The average molecular weight is 429 g/mol. The zero-order valence-corrected chi connectivity index (χ0v) is 19.2. The lowest BCUT2D eigenvalue weighted by molar-refractivity contribution is -0.121. The van der Waals surface area contributed by atoms with Crippen LogP contribution in [0.5, 0.6) is 11.5 Å². The summed E-state index contributed by atoms with van der Waals surface area (Å²) >= 11 is 0. The van der Waals surface area contributed by atoms with Crippen LogP contribution in [0, 0.1) is 12.8 Å². The van der Waals surface area contributed by atoms with E-state index in [1.54, 1.807) is 37.3 Å². The standard InChI is InChI=1S/C23H32N4O4/c1-15-11-20(27(25-15)23(2,3)4)24-21(28)16-7-9-26(10-8-16)22(29)17-12-18(30-5)14-19(13-17)31-6/h11-14,16H,7-10H2,1-6H3,(H,24,28). The summed E-state index contributed by atoms with van der Waals surface area (Å²) in [7, 11) is 3.11. The number of nitrogens with zero attached hydrogens (tertiary/aromatic N) is 3. The van der Waals surface area contributed by atoms with E-state index in [0.717, 1.165) is 5.69 Å². The Kier molecular flexibility index (Phi) is 6.57. The Balaban J connectivity index is 1.63. The largest absolute Gasteiger partial charge is 0.497 e. The molecule has 31 heavy (non-hydrogen) atoms. The molecule has 1 saturated heterocycles. The van der Waals surface area contributed by atoms with Gasteiger partial charge in [-0.1, -0.05) is 0 Å². The van der Waals surface area contributed by atoms with E-state index in [2.05, 4.69) is 10.4 Å². The molecule has 168 valence electrons. The van der Waals surface area contributed by atoms with Crippen molar-refractivity contribution in [3.63, 3.8) is 0 Å². The van der Waals surface area contributed by atoms with Gasteiger partial charge in [0.25, 0.3) is 5.91 Å². The second kappa shape index (κ2) is 8.99. The molecule has 0 bridgehead atoms. The molecule has 0 aliphatic carbocycles. The van der Waals surface area contributed by atoms with Crippen molar-refractivity contribution in [2.45, 2.75) is 46.1 Å². The van der Waals surface area contributed by atoms with Gasteiger partial charge in [0.2, 0.25) is 5.91 Å². The topological polar surface area (TPSA) is 85.7 Å². The SMILES string of the molecule is COc1cc(OC)cc(C(=O)N2CCC(C(=O)Nc3cc(C)nn3C(C)(C)C)CC2)c1. The molecule has 1 aliphatic heterocycles. The summed E-state index contributed by atoms with van der Waals surface area (Å²) < 4.78 is 12.4. The Labute approximate surface area is 183 Å². The highest BCUT2D eigenvalue weighted by atomic mass is 16.5. The molecular weight excluding hydrogens is 396 g/mol. The molecule has 0 atom stereocenters. The van der Waals surface area contributed by atoms with Crippen molar-refractivity contribution in [1.29, 1.82) is 0 Å². The third-order valence-corrected chi connectivity index (χ3v) is 5.47. The highest BCUT2D eigenvalue weighted by molar-refractivity contribution is 5.96. The van der Waals surface area contributed by atoms with Gasteiger partial charge in [-0.3, -0.25) is 9.59 Å². The zero-order valence-electron chi connectivity index (χ0n) is 19.2. The molecule has 1 aromatic carbocycles. The van der Waals surface area contributed by atoms with E-state index >= 15 is 0 Å². The van der Waals surface area contributed by atoms with Gasteiger partial charge in [-0.25, -0.2) is 4.68 Å². The predicted molar refractivity (Wildman–Crippen MR) is 119 cm³/mol. The maximum atomic E-state index is 13.0. The van der Waals surface area contributed by atoms with Crippen molar-refractivity contribution in [1.82, 2.24) is 14.7 Å². The molecule has 0 unspecified atom stereocenters. The van der Waals surface area contributed by atoms with Gasteiger partial charge in [-0.2, -0.15) is 5.10 Å². The molecule has 1 aliphatic rings. The molecule has 2 amide bonds. The first-order valence-electron chi connectivity index (χ1n) is 10.5. The fraction of sp³-hybridized carbons (Fsp3) is 0.522. The van der Waals surface area contributed by atoms with Gasteiger partial charge in [0.1, 0.15) is 17.3 Å². The third-order valence-electron chi connectivity index (χ3n) is 5.47. The van der Waals surface area contributed by atoms with Gasteiger partial charge in [0.05, 0.1) is 25.5 Å². The first-order chi connectivity index (χ1) is 14.6. The van der Waals surface area contributed by atoms with Crippen LogP contribution in [0.3, 0.4) is 0 Å². The average Bonchev–Trinajstić information content (AvgIpc) is 3.13. The summed E-state index contributed by atoms with van der Waals surface area (Å²) in [6.07, 6.45) is 1.22. The molecule has 3 rings (SSSR count). The summed E-state index contributed by atoms with van der Waals surface area (Å²) in [4.78, 5) is 27.6. The maximum absolute atomic E-state index is 13.0.